The first kappa shape index (κ1) is 12.2. The van der Waals surface area contributed by atoms with Crippen LogP contribution in [0.3, 0.4) is 0 Å². The molecule has 1 aromatic carbocycles. The summed E-state index contributed by atoms with van der Waals surface area (Å²) in [5, 5.41) is 4.12. The summed E-state index contributed by atoms with van der Waals surface area (Å²) in [6, 6.07) is 4.92. The van der Waals surface area contributed by atoms with E-state index in [2.05, 4.69) is 26.0 Å². The molecule has 0 atom stereocenters. The SMILES string of the molecule is Nc1nc2cc(Br)c(F)cc2n1CCn1cccn1. The number of nitrogen functional groups attached to an aromatic ring is 1. The van der Waals surface area contributed by atoms with Crippen LogP contribution in [0.15, 0.2) is 35.1 Å². The fourth-order valence-corrected chi connectivity index (χ4v) is 2.34. The van der Waals surface area contributed by atoms with Crippen LogP contribution in [0.5, 0.6) is 0 Å². The van der Waals surface area contributed by atoms with Crippen LogP contribution >= 0.6 is 15.9 Å². The Balaban J connectivity index is 1.98. The molecule has 2 aromatic heterocycles. The van der Waals surface area contributed by atoms with E-state index in [1.165, 1.54) is 6.07 Å². The summed E-state index contributed by atoms with van der Waals surface area (Å²) in [6.07, 6.45) is 3.58. The lowest BCUT2D eigenvalue weighted by Gasteiger charge is -2.07. The second kappa shape index (κ2) is 4.65. The van der Waals surface area contributed by atoms with Gasteiger partial charge in [-0.3, -0.25) is 4.68 Å². The summed E-state index contributed by atoms with van der Waals surface area (Å²) in [7, 11) is 0. The van der Waals surface area contributed by atoms with Crippen LogP contribution in [0.2, 0.25) is 0 Å². The molecule has 0 amide bonds. The maximum atomic E-state index is 13.6. The number of anilines is 1. The minimum atomic E-state index is -0.326. The third-order valence-corrected chi connectivity index (χ3v) is 3.54. The summed E-state index contributed by atoms with van der Waals surface area (Å²) >= 11 is 3.14. The van der Waals surface area contributed by atoms with E-state index in [1.807, 2.05) is 12.3 Å². The Morgan fingerprint density at radius 1 is 1.32 bits per heavy atom. The van der Waals surface area contributed by atoms with Crippen LogP contribution < -0.4 is 5.73 Å². The van der Waals surface area contributed by atoms with Crippen molar-refractivity contribution in [3.63, 3.8) is 0 Å². The first-order valence-electron chi connectivity index (χ1n) is 5.73. The molecule has 2 heterocycles. The molecule has 3 rings (SSSR count). The van der Waals surface area contributed by atoms with E-state index in [1.54, 1.807) is 21.5 Å². The van der Waals surface area contributed by atoms with Gasteiger partial charge in [-0.15, -0.1) is 0 Å². The monoisotopic (exact) mass is 323 g/mol. The molecule has 0 aliphatic heterocycles. The summed E-state index contributed by atoms with van der Waals surface area (Å²) in [5.41, 5.74) is 7.24. The normalized spacial score (nSPS) is 11.3. The zero-order valence-electron chi connectivity index (χ0n) is 9.92. The molecule has 7 heteroatoms. The molecule has 98 valence electrons. The predicted molar refractivity (Wildman–Crippen MR) is 74.0 cm³/mol. The van der Waals surface area contributed by atoms with Gasteiger partial charge in [0.15, 0.2) is 0 Å². The van der Waals surface area contributed by atoms with Gasteiger partial charge in [-0.25, -0.2) is 9.37 Å². The Bertz CT molecular complexity index is 719. The molecule has 0 saturated heterocycles. The van der Waals surface area contributed by atoms with E-state index < -0.39 is 0 Å². The van der Waals surface area contributed by atoms with Crippen molar-refractivity contribution in [1.29, 1.82) is 0 Å². The Morgan fingerprint density at radius 3 is 2.89 bits per heavy atom. The number of hydrogen-bond acceptors (Lipinski definition) is 3. The molecule has 0 aliphatic rings. The van der Waals surface area contributed by atoms with Crippen molar-refractivity contribution in [2.24, 2.45) is 0 Å². The number of halogens is 2. The molecular formula is C12H11BrFN5. The van der Waals surface area contributed by atoms with Crippen LogP contribution in [-0.2, 0) is 13.1 Å². The second-order valence-corrected chi connectivity index (χ2v) is 5.00. The lowest BCUT2D eigenvalue weighted by atomic mass is 10.3. The summed E-state index contributed by atoms with van der Waals surface area (Å²) < 4.78 is 17.6. The predicted octanol–water partition coefficient (Wildman–Crippen LogP) is 2.42. The third kappa shape index (κ3) is 2.21. The van der Waals surface area contributed by atoms with Gasteiger partial charge in [0.25, 0.3) is 0 Å². The molecule has 0 radical (unpaired) electrons. The van der Waals surface area contributed by atoms with Gasteiger partial charge in [0, 0.05) is 25.0 Å². The molecule has 0 spiro atoms. The fourth-order valence-electron chi connectivity index (χ4n) is 2.01. The van der Waals surface area contributed by atoms with Crippen molar-refractivity contribution in [2.45, 2.75) is 13.1 Å². The van der Waals surface area contributed by atoms with Crippen LogP contribution in [0.4, 0.5) is 10.3 Å². The molecule has 19 heavy (non-hydrogen) atoms. The standard InChI is InChI=1S/C12H11BrFN5/c13-8-6-10-11(7-9(8)14)19(12(15)17-10)5-4-18-3-1-2-16-18/h1-3,6-7H,4-5H2,(H2,15,17). The van der Waals surface area contributed by atoms with E-state index in [4.69, 9.17) is 5.73 Å². The topological polar surface area (TPSA) is 61.7 Å². The van der Waals surface area contributed by atoms with Crippen molar-refractivity contribution >= 4 is 32.9 Å². The maximum Gasteiger partial charge on any atom is 0.201 e. The highest BCUT2D eigenvalue weighted by molar-refractivity contribution is 9.10. The number of fused-ring (bicyclic) bond motifs is 1. The molecule has 0 unspecified atom stereocenters. The number of imidazole rings is 1. The first-order chi connectivity index (χ1) is 9.15. The average Bonchev–Trinajstić information content (AvgIpc) is 2.96. The minimum absolute atomic E-state index is 0.326. The van der Waals surface area contributed by atoms with E-state index >= 15 is 0 Å². The second-order valence-electron chi connectivity index (χ2n) is 4.15. The highest BCUT2D eigenvalue weighted by Gasteiger charge is 2.11. The third-order valence-electron chi connectivity index (χ3n) is 2.93. The van der Waals surface area contributed by atoms with Crippen LogP contribution in [0, 0.1) is 5.82 Å². The molecule has 3 aromatic rings. The number of rotatable bonds is 3. The molecule has 5 nitrogen and oxygen atoms in total. The number of hydrogen-bond donors (Lipinski definition) is 1. The fraction of sp³-hybridized carbons (Fsp3) is 0.167. The Kier molecular flexibility index (Phi) is 2.98. The zero-order chi connectivity index (χ0) is 13.4. The van der Waals surface area contributed by atoms with Crippen LogP contribution in [0.1, 0.15) is 0 Å². The molecule has 2 N–H and O–H groups in total. The van der Waals surface area contributed by atoms with E-state index in [9.17, 15) is 4.39 Å². The van der Waals surface area contributed by atoms with Crippen molar-refractivity contribution in [2.75, 3.05) is 5.73 Å². The van der Waals surface area contributed by atoms with Crippen LogP contribution in [-0.4, -0.2) is 19.3 Å². The molecule has 0 aliphatic carbocycles. The Morgan fingerprint density at radius 2 is 2.16 bits per heavy atom. The van der Waals surface area contributed by atoms with Gasteiger partial charge in [0.2, 0.25) is 5.95 Å². The number of nitrogens with zero attached hydrogens (tertiary/aromatic N) is 4. The van der Waals surface area contributed by atoms with Gasteiger partial charge >= 0.3 is 0 Å². The largest absolute Gasteiger partial charge is 0.369 e. The minimum Gasteiger partial charge on any atom is -0.369 e. The molecule has 0 saturated carbocycles. The van der Waals surface area contributed by atoms with Crippen molar-refractivity contribution < 1.29 is 4.39 Å². The van der Waals surface area contributed by atoms with Crippen molar-refractivity contribution in [3.05, 3.63) is 40.9 Å². The van der Waals surface area contributed by atoms with E-state index in [0.717, 1.165) is 0 Å². The van der Waals surface area contributed by atoms with Gasteiger partial charge in [0.1, 0.15) is 5.82 Å². The van der Waals surface area contributed by atoms with Gasteiger partial charge in [-0.1, -0.05) is 0 Å². The lowest BCUT2D eigenvalue weighted by molar-refractivity contribution is 0.544. The molecule has 0 fully saturated rings. The van der Waals surface area contributed by atoms with Gasteiger partial charge in [0.05, 0.1) is 22.1 Å². The zero-order valence-corrected chi connectivity index (χ0v) is 11.5. The molecule has 0 bridgehead atoms. The van der Waals surface area contributed by atoms with Crippen LogP contribution in [0.25, 0.3) is 11.0 Å². The van der Waals surface area contributed by atoms with Crippen molar-refractivity contribution in [1.82, 2.24) is 19.3 Å². The number of benzene rings is 1. The maximum absolute atomic E-state index is 13.6. The Hall–Kier alpha value is -1.89. The summed E-state index contributed by atoms with van der Waals surface area (Å²) in [6.45, 7) is 1.24. The quantitative estimate of drug-likeness (QED) is 0.805. The highest BCUT2D eigenvalue weighted by Crippen LogP contribution is 2.25. The number of nitrogens with two attached hydrogens (primary N) is 1. The van der Waals surface area contributed by atoms with Crippen molar-refractivity contribution in [3.8, 4) is 0 Å². The average molecular weight is 324 g/mol. The van der Waals surface area contributed by atoms with E-state index in [0.29, 0.717) is 34.5 Å². The number of aryl methyl sites for hydroxylation is 2. The highest BCUT2D eigenvalue weighted by atomic mass is 79.9. The van der Waals surface area contributed by atoms with Gasteiger partial charge < -0.3 is 10.3 Å². The smallest absolute Gasteiger partial charge is 0.201 e. The van der Waals surface area contributed by atoms with E-state index in [-0.39, 0.29) is 5.82 Å². The lowest BCUT2D eigenvalue weighted by Crippen LogP contribution is -2.10. The molecular weight excluding hydrogens is 313 g/mol. The van der Waals surface area contributed by atoms with Gasteiger partial charge in [-0.2, -0.15) is 5.10 Å². The van der Waals surface area contributed by atoms with Gasteiger partial charge in [-0.05, 0) is 28.1 Å². The number of aromatic nitrogens is 4. The Labute approximate surface area is 117 Å². The first-order valence-corrected chi connectivity index (χ1v) is 6.52. The summed E-state index contributed by atoms with van der Waals surface area (Å²) in [4.78, 5) is 4.23. The summed E-state index contributed by atoms with van der Waals surface area (Å²) in [5.74, 6) is 0.0485.